The van der Waals surface area contributed by atoms with E-state index in [1.165, 1.54) is 0 Å². The smallest absolute Gasteiger partial charge is 0.408 e. The molecule has 1 atom stereocenters. The lowest BCUT2D eigenvalue weighted by molar-refractivity contribution is -0.139. The summed E-state index contributed by atoms with van der Waals surface area (Å²) in [6.45, 7) is 5.43. The Kier molecular flexibility index (Phi) is 8.21. The summed E-state index contributed by atoms with van der Waals surface area (Å²) in [5.74, 6) is -1.31. The molecule has 0 saturated heterocycles. The molecule has 3 N–H and O–H groups in total. The molecule has 0 aromatic carbocycles. The number of aliphatic carboxylic acids is 1. The maximum Gasteiger partial charge on any atom is 0.408 e. The Labute approximate surface area is 126 Å². The Hall–Kier alpha value is -1.31. The van der Waals surface area contributed by atoms with Gasteiger partial charge in [0.15, 0.2) is 0 Å². The van der Waals surface area contributed by atoms with E-state index in [0.717, 1.165) is 0 Å². The molecule has 0 radical (unpaired) electrons. The van der Waals surface area contributed by atoms with Gasteiger partial charge >= 0.3 is 12.1 Å². The van der Waals surface area contributed by atoms with E-state index in [-0.39, 0.29) is 17.7 Å². The van der Waals surface area contributed by atoms with Gasteiger partial charge in [0.1, 0.15) is 11.6 Å². The average molecular weight is 353 g/mol. The lowest BCUT2D eigenvalue weighted by atomic mass is 10.1. The summed E-state index contributed by atoms with van der Waals surface area (Å²) in [5.41, 5.74) is -0.684. The first-order valence-electron chi connectivity index (χ1n) is 6.20. The number of rotatable bonds is 7. The van der Waals surface area contributed by atoms with Gasteiger partial charge in [-0.25, -0.2) is 9.59 Å². The van der Waals surface area contributed by atoms with E-state index in [1.807, 2.05) is 0 Å². The summed E-state index contributed by atoms with van der Waals surface area (Å²) < 4.78 is 4.99. The van der Waals surface area contributed by atoms with Crippen molar-refractivity contribution in [2.75, 3.05) is 11.9 Å². The molecule has 0 aromatic rings. The molecule has 0 fully saturated rings. The number of ether oxygens (including phenoxy) is 1. The third-order valence-electron chi connectivity index (χ3n) is 2.10. The predicted octanol–water partition coefficient (Wildman–Crippen LogP) is 1.26. The highest BCUT2D eigenvalue weighted by Gasteiger charge is 2.23. The van der Waals surface area contributed by atoms with Crippen LogP contribution < -0.4 is 10.6 Å². The van der Waals surface area contributed by atoms with Gasteiger partial charge in [0, 0.05) is 6.54 Å². The van der Waals surface area contributed by atoms with Crippen molar-refractivity contribution in [3.63, 3.8) is 0 Å². The molecule has 0 aromatic heterocycles. The summed E-state index contributed by atoms with van der Waals surface area (Å²) in [4.78, 5) is 33.5. The van der Waals surface area contributed by atoms with E-state index in [9.17, 15) is 14.4 Å². The van der Waals surface area contributed by atoms with Crippen LogP contribution in [0.1, 0.15) is 33.6 Å². The molecule has 0 rings (SSSR count). The number of carbonyl (C=O) groups excluding carboxylic acids is 2. The van der Waals surface area contributed by atoms with Crippen molar-refractivity contribution in [1.29, 1.82) is 0 Å². The molecule has 0 unspecified atom stereocenters. The van der Waals surface area contributed by atoms with E-state index < -0.39 is 23.7 Å². The average Bonchev–Trinajstić information content (AvgIpc) is 2.29. The minimum atomic E-state index is -1.14. The fourth-order valence-electron chi connectivity index (χ4n) is 1.29. The Morgan fingerprint density at radius 3 is 2.35 bits per heavy atom. The van der Waals surface area contributed by atoms with E-state index in [2.05, 4.69) is 26.6 Å². The largest absolute Gasteiger partial charge is 0.480 e. The van der Waals surface area contributed by atoms with Crippen molar-refractivity contribution in [3.05, 3.63) is 0 Å². The molecule has 0 aliphatic rings. The van der Waals surface area contributed by atoms with Gasteiger partial charge in [-0.15, -0.1) is 0 Å². The fourth-order valence-corrected chi connectivity index (χ4v) is 1.49. The molecule has 0 aliphatic carbocycles. The van der Waals surface area contributed by atoms with Crippen molar-refractivity contribution in [3.8, 4) is 0 Å². The van der Waals surface area contributed by atoms with Gasteiger partial charge in [-0.2, -0.15) is 0 Å². The van der Waals surface area contributed by atoms with Gasteiger partial charge in [-0.3, -0.25) is 4.79 Å². The van der Waals surface area contributed by atoms with Crippen LogP contribution in [0.4, 0.5) is 4.79 Å². The normalized spacial score (nSPS) is 12.4. The SMILES string of the molecule is CC(C)(C)OC(=O)N[C@@H](CCCNC(=O)CBr)C(=O)O. The molecule has 2 amide bonds. The minimum Gasteiger partial charge on any atom is -0.480 e. The summed E-state index contributed by atoms with van der Waals surface area (Å²) in [6, 6.07) is -1.04. The van der Waals surface area contributed by atoms with Crippen molar-refractivity contribution >= 4 is 33.9 Å². The van der Waals surface area contributed by atoms with Crippen molar-refractivity contribution in [2.24, 2.45) is 0 Å². The van der Waals surface area contributed by atoms with Crippen molar-refractivity contribution in [2.45, 2.75) is 45.3 Å². The molecule has 0 spiro atoms. The highest BCUT2D eigenvalue weighted by molar-refractivity contribution is 9.09. The van der Waals surface area contributed by atoms with Gasteiger partial charge in [-0.1, -0.05) is 15.9 Å². The maximum atomic E-state index is 11.5. The standard InChI is InChI=1S/C12H21BrN2O5/c1-12(2,3)20-11(19)15-8(10(17)18)5-4-6-14-9(16)7-13/h8H,4-7H2,1-3H3,(H,14,16)(H,15,19)(H,17,18)/t8-/m0/s1. The third-order valence-corrected chi connectivity index (χ3v) is 2.61. The summed E-state index contributed by atoms with van der Waals surface area (Å²) in [7, 11) is 0. The van der Waals surface area contributed by atoms with Crippen LogP contribution in [0.25, 0.3) is 0 Å². The van der Waals surface area contributed by atoms with Crippen LogP contribution in [-0.2, 0) is 14.3 Å². The maximum absolute atomic E-state index is 11.5. The van der Waals surface area contributed by atoms with E-state index in [0.29, 0.717) is 13.0 Å². The van der Waals surface area contributed by atoms with E-state index >= 15 is 0 Å². The first kappa shape index (κ1) is 18.7. The second kappa shape index (κ2) is 8.78. The molecular formula is C12H21BrN2O5. The Morgan fingerprint density at radius 2 is 1.90 bits per heavy atom. The van der Waals surface area contributed by atoms with E-state index in [4.69, 9.17) is 9.84 Å². The highest BCUT2D eigenvalue weighted by Crippen LogP contribution is 2.07. The van der Waals surface area contributed by atoms with Gasteiger partial charge in [0.2, 0.25) is 5.91 Å². The molecule has 8 heteroatoms. The number of halogens is 1. The van der Waals surface area contributed by atoms with Crippen LogP contribution in [-0.4, -0.2) is 46.6 Å². The predicted molar refractivity (Wildman–Crippen MR) is 76.8 cm³/mol. The molecule has 0 bridgehead atoms. The second-order valence-corrected chi connectivity index (χ2v) is 5.72. The first-order valence-corrected chi connectivity index (χ1v) is 7.33. The zero-order chi connectivity index (χ0) is 15.8. The summed E-state index contributed by atoms with van der Waals surface area (Å²) in [6.07, 6.45) is -0.128. The zero-order valence-corrected chi connectivity index (χ0v) is 13.4. The second-order valence-electron chi connectivity index (χ2n) is 5.16. The number of amides is 2. The molecule has 20 heavy (non-hydrogen) atoms. The number of hydrogen-bond donors (Lipinski definition) is 3. The Balaban J connectivity index is 4.15. The van der Waals surface area contributed by atoms with Crippen LogP contribution >= 0.6 is 15.9 Å². The minimum absolute atomic E-state index is 0.169. The number of nitrogens with one attached hydrogen (secondary N) is 2. The molecular weight excluding hydrogens is 332 g/mol. The Bertz CT molecular complexity index is 354. The number of alkyl carbamates (subject to hydrolysis) is 1. The molecule has 0 heterocycles. The van der Waals surface area contributed by atoms with E-state index in [1.54, 1.807) is 20.8 Å². The number of carboxylic acid groups (broad SMARTS) is 1. The fraction of sp³-hybridized carbons (Fsp3) is 0.750. The Morgan fingerprint density at radius 1 is 1.30 bits per heavy atom. The quantitative estimate of drug-likeness (QED) is 0.472. The zero-order valence-electron chi connectivity index (χ0n) is 11.9. The monoisotopic (exact) mass is 352 g/mol. The summed E-state index contributed by atoms with van der Waals surface area (Å²) >= 11 is 3.00. The summed E-state index contributed by atoms with van der Waals surface area (Å²) in [5, 5.41) is 14.1. The number of hydrogen-bond acceptors (Lipinski definition) is 4. The first-order chi connectivity index (χ1) is 9.15. The van der Waals surface area contributed by atoms with Gasteiger partial charge in [0.05, 0.1) is 5.33 Å². The van der Waals surface area contributed by atoms with Crippen LogP contribution in [0.15, 0.2) is 0 Å². The van der Waals surface area contributed by atoms with Crippen LogP contribution in [0.2, 0.25) is 0 Å². The topological polar surface area (TPSA) is 105 Å². The number of alkyl halides is 1. The van der Waals surface area contributed by atoms with Crippen LogP contribution in [0.3, 0.4) is 0 Å². The van der Waals surface area contributed by atoms with Gasteiger partial charge < -0.3 is 20.5 Å². The molecule has 0 saturated carbocycles. The molecule has 116 valence electrons. The number of carboxylic acids is 1. The van der Waals surface area contributed by atoms with Crippen molar-refractivity contribution in [1.82, 2.24) is 10.6 Å². The van der Waals surface area contributed by atoms with Gasteiger partial charge in [0.25, 0.3) is 0 Å². The molecule has 0 aliphatic heterocycles. The molecule has 7 nitrogen and oxygen atoms in total. The lowest BCUT2D eigenvalue weighted by Gasteiger charge is -2.22. The highest BCUT2D eigenvalue weighted by atomic mass is 79.9. The van der Waals surface area contributed by atoms with Crippen molar-refractivity contribution < 1.29 is 24.2 Å². The lowest BCUT2D eigenvalue weighted by Crippen LogP contribution is -2.43. The number of carbonyl (C=O) groups is 3. The third kappa shape index (κ3) is 9.60. The van der Waals surface area contributed by atoms with Gasteiger partial charge in [-0.05, 0) is 33.6 Å². The van der Waals surface area contributed by atoms with Crippen LogP contribution in [0, 0.1) is 0 Å². The van der Waals surface area contributed by atoms with Crippen LogP contribution in [0.5, 0.6) is 0 Å².